The predicted octanol–water partition coefficient (Wildman–Crippen LogP) is 2.08. The molecule has 3 rings (SSSR count). The molecule has 0 aromatic heterocycles. The van der Waals surface area contributed by atoms with Crippen LogP contribution >= 0.6 is 0 Å². The molecule has 0 bridgehead atoms. The third-order valence-corrected chi connectivity index (χ3v) is 4.32. The Hall–Kier alpha value is -1.84. The molecule has 21 heavy (non-hydrogen) atoms. The van der Waals surface area contributed by atoms with E-state index in [9.17, 15) is 9.59 Å². The molecular formula is C17H22N2O2. The molecule has 0 N–H and O–H groups in total. The molecule has 1 saturated carbocycles. The van der Waals surface area contributed by atoms with E-state index in [0.29, 0.717) is 19.0 Å². The molecule has 1 aliphatic heterocycles. The summed E-state index contributed by atoms with van der Waals surface area (Å²) >= 11 is 0. The van der Waals surface area contributed by atoms with E-state index < -0.39 is 0 Å². The number of hydrogen-bond acceptors (Lipinski definition) is 2. The van der Waals surface area contributed by atoms with Gasteiger partial charge in [-0.3, -0.25) is 9.59 Å². The van der Waals surface area contributed by atoms with Gasteiger partial charge >= 0.3 is 0 Å². The average molecular weight is 286 g/mol. The summed E-state index contributed by atoms with van der Waals surface area (Å²) in [5.74, 6) is 0.639. The first-order chi connectivity index (χ1) is 10.1. The lowest BCUT2D eigenvalue weighted by molar-refractivity contribution is -0.132. The number of nitrogens with zero attached hydrogens (tertiary/aromatic N) is 2. The van der Waals surface area contributed by atoms with E-state index in [1.807, 2.05) is 41.0 Å². The molecule has 112 valence electrons. The minimum atomic E-state index is 0.0794. The van der Waals surface area contributed by atoms with E-state index in [-0.39, 0.29) is 11.8 Å². The maximum Gasteiger partial charge on any atom is 0.253 e. The van der Waals surface area contributed by atoms with Crippen LogP contribution in [0.15, 0.2) is 24.3 Å². The van der Waals surface area contributed by atoms with Crippen LogP contribution in [-0.4, -0.2) is 47.8 Å². The number of benzene rings is 1. The fourth-order valence-corrected chi connectivity index (χ4v) is 2.81. The van der Waals surface area contributed by atoms with Crippen LogP contribution in [0.5, 0.6) is 0 Å². The van der Waals surface area contributed by atoms with E-state index in [1.165, 1.54) is 0 Å². The molecule has 0 spiro atoms. The fourth-order valence-electron chi connectivity index (χ4n) is 2.81. The maximum atomic E-state index is 12.5. The average Bonchev–Trinajstić information content (AvgIpc) is 3.33. The van der Waals surface area contributed by atoms with Gasteiger partial charge in [0.15, 0.2) is 0 Å². The van der Waals surface area contributed by atoms with E-state index in [1.54, 1.807) is 0 Å². The smallest absolute Gasteiger partial charge is 0.253 e. The zero-order valence-corrected chi connectivity index (χ0v) is 12.5. The van der Waals surface area contributed by atoms with Gasteiger partial charge in [0.1, 0.15) is 0 Å². The lowest BCUT2D eigenvalue weighted by Crippen LogP contribution is -2.37. The Morgan fingerprint density at radius 1 is 0.952 bits per heavy atom. The second-order valence-electron chi connectivity index (χ2n) is 6.11. The van der Waals surface area contributed by atoms with Crippen molar-refractivity contribution in [2.24, 2.45) is 5.92 Å². The van der Waals surface area contributed by atoms with E-state index in [4.69, 9.17) is 0 Å². The zero-order valence-electron chi connectivity index (χ0n) is 12.5. The molecule has 2 fully saturated rings. The van der Waals surface area contributed by atoms with Crippen LogP contribution in [0.1, 0.15) is 35.2 Å². The summed E-state index contributed by atoms with van der Waals surface area (Å²) in [7, 11) is 0. The quantitative estimate of drug-likeness (QED) is 0.835. The van der Waals surface area contributed by atoms with Crippen molar-refractivity contribution in [1.82, 2.24) is 9.80 Å². The fraction of sp³-hybridized carbons (Fsp3) is 0.529. The Labute approximate surface area is 125 Å². The van der Waals surface area contributed by atoms with Crippen LogP contribution in [0, 0.1) is 12.8 Å². The first-order valence-corrected chi connectivity index (χ1v) is 7.80. The number of hydrogen-bond donors (Lipinski definition) is 0. The number of carbonyl (C=O) groups is 2. The lowest BCUT2D eigenvalue weighted by atomic mass is 10.1. The second-order valence-corrected chi connectivity index (χ2v) is 6.11. The van der Waals surface area contributed by atoms with Gasteiger partial charge in [-0.2, -0.15) is 0 Å². The molecule has 4 nitrogen and oxygen atoms in total. The Bertz CT molecular complexity index is 534. The summed E-state index contributed by atoms with van der Waals surface area (Å²) in [6.07, 6.45) is 2.96. The van der Waals surface area contributed by atoms with Crippen molar-refractivity contribution < 1.29 is 9.59 Å². The van der Waals surface area contributed by atoms with Crippen molar-refractivity contribution in [3.63, 3.8) is 0 Å². The summed E-state index contributed by atoms with van der Waals surface area (Å²) in [6.45, 7) is 4.85. The van der Waals surface area contributed by atoms with Crippen LogP contribution in [0.2, 0.25) is 0 Å². The summed E-state index contributed by atoms with van der Waals surface area (Å²) in [6, 6.07) is 7.70. The van der Waals surface area contributed by atoms with Gasteiger partial charge in [0, 0.05) is 37.7 Å². The van der Waals surface area contributed by atoms with Crippen LogP contribution in [0.25, 0.3) is 0 Å². The normalized spacial score (nSPS) is 19.3. The van der Waals surface area contributed by atoms with Gasteiger partial charge in [-0.25, -0.2) is 0 Å². The first kappa shape index (κ1) is 14.1. The molecule has 1 saturated heterocycles. The molecule has 1 aromatic carbocycles. The van der Waals surface area contributed by atoms with Crippen molar-refractivity contribution in [2.45, 2.75) is 26.2 Å². The molecule has 4 heteroatoms. The number of amides is 2. The van der Waals surface area contributed by atoms with Gasteiger partial charge in [0.25, 0.3) is 5.91 Å². The van der Waals surface area contributed by atoms with Crippen molar-refractivity contribution in [3.05, 3.63) is 35.4 Å². The Kier molecular flexibility index (Phi) is 3.95. The predicted molar refractivity (Wildman–Crippen MR) is 81.0 cm³/mol. The molecule has 1 heterocycles. The molecule has 0 radical (unpaired) electrons. The van der Waals surface area contributed by atoms with E-state index in [0.717, 1.165) is 43.5 Å². The van der Waals surface area contributed by atoms with Crippen LogP contribution < -0.4 is 0 Å². The van der Waals surface area contributed by atoms with Gasteiger partial charge in [0.05, 0.1) is 0 Å². The number of aryl methyl sites for hydroxylation is 1. The molecular weight excluding hydrogens is 264 g/mol. The van der Waals surface area contributed by atoms with Crippen molar-refractivity contribution in [2.75, 3.05) is 26.2 Å². The van der Waals surface area contributed by atoms with E-state index >= 15 is 0 Å². The Morgan fingerprint density at radius 2 is 1.57 bits per heavy atom. The highest BCUT2D eigenvalue weighted by Gasteiger charge is 2.34. The summed E-state index contributed by atoms with van der Waals surface area (Å²) in [4.78, 5) is 28.5. The van der Waals surface area contributed by atoms with Crippen LogP contribution in [0.4, 0.5) is 0 Å². The van der Waals surface area contributed by atoms with Crippen molar-refractivity contribution >= 4 is 11.8 Å². The molecule has 2 aliphatic rings. The second kappa shape index (κ2) is 5.88. The van der Waals surface area contributed by atoms with Gasteiger partial charge in [0.2, 0.25) is 5.91 Å². The SMILES string of the molecule is Cc1ccc(C(=O)N2CCCN(C(=O)C3CC3)CC2)cc1. The zero-order chi connectivity index (χ0) is 14.8. The van der Waals surface area contributed by atoms with Gasteiger partial charge in [-0.15, -0.1) is 0 Å². The molecule has 0 atom stereocenters. The van der Waals surface area contributed by atoms with Gasteiger partial charge in [-0.1, -0.05) is 17.7 Å². The van der Waals surface area contributed by atoms with Crippen LogP contribution in [-0.2, 0) is 4.79 Å². The first-order valence-electron chi connectivity index (χ1n) is 7.80. The lowest BCUT2D eigenvalue weighted by Gasteiger charge is -2.22. The number of carbonyl (C=O) groups excluding carboxylic acids is 2. The Morgan fingerprint density at radius 3 is 2.24 bits per heavy atom. The van der Waals surface area contributed by atoms with E-state index in [2.05, 4.69) is 0 Å². The highest BCUT2D eigenvalue weighted by Crippen LogP contribution is 2.31. The van der Waals surface area contributed by atoms with Crippen molar-refractivity contribution in [3.8, 4) is 0 Å². The molecule has 1 aromatic rings. The standard InChI is InChI=1S/C17H22N2O2/c1-13-3-5-14(6-4-13)16(20)18-9-2-10-19(12-11-18)17(21)15-7-8-15/h3-6,15H,2,7-12H2,1H3. The Balaban J connectivity index is 1.62. The minimum absolute atomic E-state index is 0.0794. The van der Waals surface area contributed by atoms with Gasteiger partial charge in [-0.05, 0) is 38.3 Å². The molecule has 1 aliphatic carbocycles. The van der Waals surface area contributed by atoms with Gasteiger partial charge < -0.3 is 9.80 Å². The summed E-state index contributed by atoms with van der Waals surface area (Å²) in [5, 5.41) is 0. The molecule has 0 unspecified atom stereocenters. The topological polar surface area (TPSA) is 40.6 Å². The highest BCUT2D eigenvalue weighted by molar-refractivity contribution is 5.94. The van der Waals surface area contributed by atoms with Crippen molar-refractivity contribution in [1.29, 1.82) is 0 Å². The highest BCUT2D eigenvalue weighted by atomic mass is 16.2. The summed E-state index contributed by atoms with van der Waals surface area (Å²) in [5.41, 5.74) is 1.89. The monoisotopic (exact) mass is 286 g/mol. The number of rotatable bonds is 2. The van der Waals surface area contributed by atoms with Crippen LogP contribution in [0.3, 0.4) is 0 Å². The third-order valence-electron chi connectivity index (χ3n) is 4.32. The largest absolute Gasteiger partial charge is 0.341 e. The molecule has 2 amide bonds. The minimum Gasteiger partial charge on any atom is -0.341 e. The summed E-state index contributed by atoms with van der Waals surface area (Å²) < 4.78 is 0. The third kappa shape index (κ3) is 3.26. The maximum absolute atomic E-state index is 12.5.